The molecule has 0 radical (unpaired) electrons. The van der Waals surface area contributed by atoms with Gasteiger partial charge in [-0.3, -0.25) is 0 Å². The lowest BCUT2D eigenvalue weighted by molar-refractivity contribution is 0.530. The van der Waals surface area contributed by atoms with Crippen molar-refractivity contribution in [1.82, 2.24) is 25.0 Å². The Morgan fingerprint density at radius 1 is 1.38 bits per heavy atom. The molecule has 0 amide bonds. The first-order valence-corrected chi connectivity index (χ1v) is 4.01. The van der Waals surface area contributed by atoms with Gasteiger partial charge in [0.1, 0.15) is 6.33 Å². The van der Waals surface area contributed by atoms with Gasteiger partial charge in [-0.1, -0.05) is 5.21 Å². The van der Waals surface area contributed by atoms with Crippen LogP contribution in [0.5, 0.6) is 0 Å². The summed E-state index contributed by atoms with van der Waals surface area (Å²) in [6, 6.07) is 0.207. The molecule has 2 N–H and O–H groups in total. The third-order valence-electron chi connectivity index (χ3n) is 1.79. The van der Waals surface area contributed by atoms with E-state index in [9.17, 15) is 0 Å². The second-order valence-corrected chi connectivity index (χ2v) is 3.06. The Labute approximate surface area is 74.8 Å². The molecule has 2 heterocycles. The van der Waals surface area contributed by atoms with E-state index in [1.54, 1.807) is 4.68 Å². The van der Waals surface area contributed by atoms with Crippen molar-refractivity contribution >= 4 is 17.0 Å². The molecule has 0 saturated heterocycles. The molecular formula is C7H10N6. The molecule has 0 aliphatic rings. The molecule has 0 aromatic carbocycles. The average Bonchev–Trinajstić information content (AvgIpc) is 2.49. The van der Waals surface area contributed by atoms with Crippen LogP contribution in [0.25, 0.3) is 11.2 Å². The van der Waals surface area contributed by atoms with E-state index < -0.39 is 0 Å². The second-order valence-electron chi connectivity index (χ2n) is 3.06. The Morgan fingerprint density at radius 2 is 2.15 bits per heavy atom. The second kappa shape index (κ2) is 2.65. The molecular weight excluding hydrogens is 168 g/mol. The lowest BCUT2D eigenvalue weighted by Crippen LogP contribution is -2.05. The number of nitrogens with zero attached hydrogens (tertiary/aromatic N) is 5. The number of hydrogen-bond donors (Lipinski definition) is 1. The molecule has 0 saturated carbocycles. The molecule has 2 rings (SSSR count). The summed E-state index contributed by atoms with van der Waals surface area (Å²) in [6.07, 6.45) is 1.39. The number of nitrogen functional groups attached to an aromatic ring is 1. The van der Waals surface area contributed by atoms with Crippen LogP contribution in [0.4, 0.5) is 5.82 Å². The summed E-state index contributed by atoms with van der Waals surface area (Å²) in [7, 11) is 0. The number of aromatic nitrogens is 5. The van der Waals surface area contributed by atoms with Gasteiger partial charge in [0.25, 0.3) is 0 Å². The van der Waals surface area contributed by atoms with Crippen LogP contribution >= 0.6 is 0 Å². The number of fused-ring (bicyclic) bond motifs is 1. The lowest BCUT2D eigenvalue weighted by Gasteiger charge is -2.05. The fourth-order valence-corrected chi connectivity index (χ4v) is 1.17. The molecule has 6 heteroatoms. The topological polar surface area (TPSA) is 82.5 Å². The van der Waals surface area contributed by atoms with Crippen molar-refractivity contribution in [2.75, 3.05) is 5.73 Å². The van der Waals surface area contributed by atoms with Crippen LogP contribution in [0, 0.1) is 0 Å². The summed E-state index contributed by atoms with van der Waals surface area (Å²) in [5.74, 6) is 0.420. The van der Waals surface area contributed by atoms with E-state index in [0.717, 1.165) is 0 Å². The van der Waals surface area contributed by atoms with Crippen LogP contribution < -0.4 is 5.73 Å². The quantitative estimate of drug-likeness (QED) is 0.682. The third-order valence-corrected chi connectivity index (χ3v) is 1.79. The van der Waals surface area contributed by atoms with Crippen LogP contribution in [0.1, 0.15) is 19.9 Å². The van der Waals surface area contributed by atoms with Gasteiger partial charge >= 0.3 is 0 Å². The predicted octanol–water partition coefficient (Wildman–Crippen LogP) is 0.384. The van der Waals surface area contributed by atoms with Gasteiger partial charge in [-0.2, -0.15) is 0 Å². The Morgan fingerprint density at radius 3 is 2.85 bits per heavy atom. The van der Waals surface area contributed by atoms with E-state index in [0.29, 0.717) is 17.0 Å². The minimum absolute atomic E-state index is 0.207. The first kappa shape index (κ1) is 7.90. The zero-order valence-electron chi connectivity index (χ0n) is 7.47. The number of hydrogen-bond acceptors (Lipinski definition) is 5. The summed E-state index contributed by atoms with van der Waals surface area (Å²) in [5.41, 5.74) is 6.94. The van der Waals surface area contributed by atoms with Crippen molar-refractivity contribution in [3.05, 3.63) is 6.33 Å². The number of rotatable bonds is 1. The van der Waals surface area contributed by atoms with Crippen LogP contribution in [0.2, 0.25) is 0 Å². The highest BCUT2D eigenvalue weighted by Crippen LogP contribution is 2.16. The highest BCUT2D eigenvalue weighted by Gasteiger charge is 2.11. The molecule has 0 atom stereocenters. The lowest BCUT2D eigenvalue weighted by atomic mass is 10.4. The van der Waals surface area contributed by atoms with Crippen molar-refractivity contribution in [2.24, 2.45) is 0 Å². The highest BCUT2D eigenvalue weighted by atomic mass is 15.4. The molecule has 0 bridgehead atoms. The SMILES string of the molecule is CC(C)n1nnc2ncnc(N)c21. The van der Waals surface area contributed by atoms with Crippen molar-refractivity contribution in [2.45, 2.75) is 19.9 Å². The summed E-state index contributed by atoms with van der Waals surface area (Å²) in [6.45, 7) is 4.00. The van der Waals surface area contributed by atoms with Crippen LogP contribution in [-0.2, 0) is 0 Å². The first-order chi connectivity index (χ1) is 6.20. The number of anilines is 1. The van der Waals surface area contributed by atoms with Gasteiger partial charge in [0, 0.05) is 6.04 Å². The Kier molecular flexibility index (Phi) is 1.61. The molecule has 0 fully saturated rings. The fourth-order valence-electron chi connectivity index (χ4n) is 1.17. The van der Waals surface area contributed by atoms with Crippen LogP contribution in [-0.4, -0.2) is 25.0 Å². The molecule has 0 spiro atoms. The van der Waals surface area contributed by atoms with Gasteiger partial charge < -0.3 is 5.73 Å². The minimum Gasteiger partial charge on any atom is -0.382 e. The summed E-state index contributed by atoms with van der Waals surface area (Å²) in [5, 5.41) is 7.82. The van der Waals surface area contributed by atoms with E-state index in [1.165, 1.54) is 6.33 Å². The zero-order chi connectivity index (χ0) is 9.42. The van der Waals surface area contributed by atoms with Gasteiger partial charge in [0.2, 0.25) is 5.65 Å². The molecule has 0 aliphatic heterocycles. The maximum Gasteiger partial charge on any atom is 0.207 e. The maximum absolute atomic E-state index is 5.69. The number of nitrogens with two attached hydrogens (primary N) is 1. The standard InChI is InChI=1S/C7H10N6/c1-4(2)13-5-6(8)9-3-10-7(5)11-12-13/h3-4H,1-2H3,(H2,8,9,10). The Bertz CT molecular complexity index is 431. The monoisotopic (exact) mass is 178 g/mol. The van der Waals surface area contributed by atoms with Gasteiger partial charge in [-0.05, 0) is 13.8 Å². The molecule has 2 aromatic heterocycles. The van der Waals surface area contributed by atoms with Gasteiger partial charge in [-0.15, -0.1) is 5.10 Å². The highest BCUT2D eigenvalue weighted by molar-refractivity contribution is 5.80. The molecule has 13 heavy (non-hydrogen) atoms. The fraction of sp³-hybridized carbons (Fsp3) is 0.429. The van der Waals surface area contributed by atoms with E-state index in [1.807, 2.05) is 13.8 Å². The largest absolute Gasteiger partial charge is 0.382 e. The Balaban J connectivity index is 2.79. The maximum atomic E-state index is 5.69. The summed E-state index contributed by atoms with van der Waals surface area (Å²) in [4.78, 5) is 7.85. The van der Waals surface area contributed by atoms with Crippen molar-refractivity contribution in [3.63, 3.8) is 0 Å². The summed E-state index contributed by atoms with van der Waals surface area (Å²) >= 11 is 0. The smallest absolute Gasteiger partial charge is 0.207 e. The van der Waals surface area contributed by atoms with E-state index in [4.69, 9.17) is 5.73 Å². The van der Waals surface area contributed by atoms with Gasteiger partial charge in [0.05, 0.1) is 0 Å². The molecule has 0 unspecified atom stereocenters. The first-order valence-electron chi connectivity index (χ1n) is 4.01. The van der Waals surface area contributed by atoms with Crippen molar-refractivity contribution < 1.29 is 0 Å². The molecule has 6 nitrogen and oxygen atoms in total. The van der Waals surface area contributed by atoms with Crippen LogP contribution in [0.15, 0.2) is 6.33 Å². The van der Waals surface area contributed by atoms with Crippen molar-refractivity contribution in [3.8, 4) is 0 Å². The van der Waals surface area contributed by atoms with E-state index >= 15 is 0 Å². The zero-order valence-corrected chi connectivity index (χ0v) is 7.47. The molecule has 0 aliphatic carbocycles. The summed E-state index contributed by atoms with van der Waals surface area (Å²) < 4.78 is 1.71. The molecule has 68 valence electrons. The van der Waals surface area contributed by atoms with Gasteiger partial charge in [-0.25, -0.2) is 14.6 Å². The minimum atomic E-state index is 0.207. The van der Waals surface area contributed by atoms with E-state index in [2.05, 4.69) is 20.3 Å². The van der Waals surface area contributed by atoms with Crippen molar-refractivity contribution in [1.29, 1.82) is 0 Å². The predicted molar refractivity (Wildman–Crippen MR) is 47.9 cm³/mol. The molecule has 2 aromatic rings. The van der Waals surface area contributed by atoms with Gasteiger partial charge in [0.15, 0.2) is 11.3 Å². The van der Waals surface area contributed by atoms with Crippen LogP contribution in [0.3, 0.4) is 0 Å². The van der Waals surface area contributed by atoms with E-state index in [-0.39, 0.29) is 6.04 Å². The normalized spacial score (nSPS) is 11.3. The Hall–Kier alpha value is -1.72. The third kappa shape index (κ3) is 1.10. The average molecular weight is 178 g/mol.